The highest BCUT2D eigenvalue weighted by molar-refractivity contribution is 5.91. The molecule has 1 saturated heterocycles. The van der Waals surface area contributed by atoms with Crippen molar-refractivity contribution in [1.82, 2.24) is 0 Å². The standard InChI is InChI=1S/C14H18N2O5/c1-9-7-15(8-10(2)21-9)12-5-4-11(14(17)20-3)6-13(12)16(18)19/h4-6,9-10H,7-8H2,1-3H3/t9-,10+. The monoisotopic (exact) mass is 294 g/mol. The fraction of sp³-hybridized carbons (Fsp3) is 0.500. The van der Waals surface area contributed by atoms with Crippen molar-refractivity contribution >= 4 is 17.3 Å². The molecule has 7 nitrogen and oxygen atoms in total. The van der Waals surface area contributed by atoms with Crippen molar-refractivity contribution in [3.63, 3.8) is 0 Å². The Hall–Kier alpha value is -2.15. The van der Waals surface area contributed by atoms with Gasteiger partial charge in [0.1, 0.15) is 5.69 Å². The molecular formula is C14H18N2O5. The molecule has 0 unspecified atom stereocenters. The maximum Gasteiger partial charge on any atom is 0.338 e. The molecule has 7 heteroatoms. The van der Waals surface area contributed by atoms with Crippen molar-refractivity contribution in [2.75, 3.05) is 25.1 Å². The van der Waals surface area contributed by atoms with Crippen molar-refractivity contribution < 1.29 is 19.2 Å². The Labute approximate surface area is 122 Å². The lowest BCUT2D eigenvalue weighted by molar-refractivity contribution is -0.384. The molecule has 1 aromatic rings. The first-order valence-electron chi connectivity index (χ1n) is 6.69. The smallest absolute Gasteiger partial charge is 0.338 e. The molecule has 0 aliphatic carbocycles. The van der Waals surface area contributed by atoms with Crippen LogP contribution in [0, 0.1) is 10.1 Å². The van der Waals surface area contributed by atoms with Crippen molar-refractivity contribution in [3.8, 4) is 0 Å². The van der Waals surface area contributed by atoms with Crippen LogP contribution >= 0.6 is 0 Å². The van der Waals surface area contributed by atoms with E-state index in [-0.39, 0.29) is 23.5 Å². The number of nitro benzene ring substituents is 1. The highest BCUT2D eigenvalue weighted by Gasteiger charge is 2.28. The van der Waals surface area contributed by atoms with Crippen LogP contribution in [0.25, 0.3) is 0 Å². The summed E-state index contributed by atoms with van der Waals surface area (Å²) in [7, 11) is 1.24. The van der Waals surface area contributed by atoms with E-state index >= 15 is 0 Å². The summed E-state index contributed by atoms with van der Waals surface area (Å²) in [4.78, 5) is 24.2. The predicted molar refractivity (Wildman–Crippen MR) is 76.7 cm³/mol. The molecule has 1 aliphatic rings. The number of benzene rings is 1. The van der Waals surface area contributed by atoms with Gasteiger partial charge in [-0.3, -0.25) is 10.1 Å². The van der Waals surface area contributed by atoms with E-state index in [1.807, 2.05) is 18.7 Å². The summed E-state index contributed by atoms with van der Waals surface area (Å²) >= 11 is 0. The quantitative estimate of drug-likeness (QED) is 0.482. The minimum absolute atomic E-state index is 0.00589. The van der Waals surface area contributed by atoms with Crippen molar-refractivity contribution in [2.45, 2.75) is 26.1 Å². The second kappa shape index (κ2) is 6.09. The second-order valence-corrected chi connectivity index (χ2v) is 5.11. The summed E-state index contributed by atoms with van der Waals surface area (Å²) in [5.41, 5.74) is 0.566. The molecular weight excluding hydrogens is 276 g/mol. The summed E-state index contributed by atoms with van der Waals surface area (Å²) in [6.45, 7) is 5.00. The Morgan fingerprint density at radius 1 is 1.38 bits per heavy atom. The number of carbonyl (C=O) groups excluding carboxylic acids is 1. The molecule has 1 fully saturated rings. The van der Waals surface area contributed by atoms with Gasteiger partial charge < -0.3 is 14.4 Å². The lowest BCUT2D eigenvalue weighted by Gasteiger charge is -2.36. The molecule has 0 aromatic heterocycles. The molecule has 0 spiro atoms. The number of morpholine rings is 1. The van der Waals surface area contributed by atoms with Crippen LogP contribution in [0.1, 0.15) is 24.2 Å². The number of anilines is 1. The molecule has 0 bridgehead atoms. The molecule has 21 heavy (non-hydrogen) atoms. The summed E-state index contributed by atoms with van der Waals surface area (Å²) in [5, 5.41) is 11.3. The van der Waals surface area contributed by atoms with E-state index < -0.39 is 10.9 Å². The summed E-state index contributed by atoms with van der Waals surface area (Å²) < 4.78 is 10.2. The number of methoxy groups -OCH3 is 1. The van der Waals surface area contributed by atoms with Crippen LogP contribution in [0.15, 0.2) is 18.2 Å². The topological polar surface area (TPSA) is 81.9 Å². The van der Waals surface area contributed by atoms with Gasteiger partial charge in [0.15, 0.2) is 0 Å². The maximum absolute atomic E-state index is 11.5. The first-order valence-corrected chi connectivity index (χ1v) is 6.69. The zero-order chi connectivity index (χ0) is 15.6. The Balaban J connectivity index is 2.38. The van der Waals surface area contributed by atoms with Gasteiger partial charge in [-0.05, 0) is 26.0 Å². The highest BCUT2D eigenvalue weighted by atomic mass is 16.6. The Morgan fingerprint density at radius 3 is 2.52 bits per heavy atom. The average molecular weight is 294 g/mol. The van der Waals surface area contributed by atoms with E-state index in [1.165, 1.54) is 13.2 Å². The SMILES string of the molecule is COC(=O)c1ccc(N2C[C@@H](C)O[C@@H](C)C2)c([N+](=O)[O-])c1. The number of nitrogens with zero attached hydrogens (tertiary/aromatic N) is 2. The highest BCUT2D eigenvalue weighted by Crippen LogP contribution is 2.31. The fourth-order valence-electron chi connectivity index (χ4n) is 2.56. The fourth-order valence-corrected chi connectivity index (χ4v) is 2.56. The molecule has 0 radical (unpaired) electrons. The third-order valence-electron chi connectivity index (χ3n) is 3.35. The molecule has 0 amide bonds. The third kappa shape index (κ3) is 3.30. The molecule has 0 saturated carbocycles. The van der Waals surface area contributed by atoms with E-state index in [1.54, 1.807) is 12.1 Å². The zero-order valence-electron chi connectivity index (χ0n) is 12.2. The van der Waals surface area contributed by atoms with Gasteiger partial charge in [0, 0.05) is 19.2 Å². The largest absolute Gasteiger partial charge is 0.465 e. The maximum atomic E-state index is 11.5. The van der Waals surface area contributed by atoms with Gasteiger partial charge in [-0.25, -0.2) is 4.79 Å². The van der Waals surface area contributed by atoms with Crippen LogP contribution in [0.3, 0.4) is 0 Å². The first kappa shape index (κ1) is 15.2. The van der Waals surface area contributed by atoms with Crippen molar-refractivity contribution in [3.05, 3.63) is 33.9 Å². The summed E-state index contributed by atoms with van der Waals surface area (Å²) in [5.74, 6) is -0.589. The van der Waals surface area contributed by atoms with E-state index in [4.69, 9.17) is 4.74 Å². The van der Waals surface area contributed by atoms with E-state index in [0.717, 1.165) is 0 Å². The summed E-state index contributed by atoms with van der Waals surface area (Å²) in [6, 6.07) is 4.39. The van der Waals surface area contributed by atoms with Gasteiger partial charge in [-0.2, -0.15) is 0 Å². The normalized spacial score (nSPS) is 22.0. The molecule has 1 aliphatic heterocycles. The van der Waals surface area contributed by atoms with Gasteiger partial charge in [0.05, 0.1) is 29.8 Å². The van der Waals surface area contributed by atoms with E-state index in [0.29, 0.717) is 18.8 Å². The third-order valence-corrected chi connectivity index (χ3v) is 3.35. The average Bonchev–Trinajstić information content (AvgIpc) is 2.44. The predicted octanol–water partition coefficient (Wildman–Crippen LogP) is 1.99. The number of rotatable bonds is 3. The van der Waals surface area contributed by atoms with Gasteiger partial charge in [0.25, 0.3) is 5.69 Å². The molecule has 114 valence electrons. The van der Waals surface area contributed by atoms with Crippen LogP contribution in [0.5, 0.6) is 0 Å². The number of nitro groups is 1. The van der Waals surface area contributed by atoms with Gasteiger partial charge in [-0.15, -0.1) is 0 Å². The van der Waals surface area contributed by atoms with Crippen LogP contribution < -0.4 is 4.90 Å². The van der Waals surface area contributed by atoms with Crippen LogP contribution in [0.4, 0.5) is 11.4 Å². The van der Waals surface area contributed by atoms with Crippen LogP contribution in [0.2, 0.25) is 0 Å². The first-order chi connectivity index (χ1) is 9.92. The van der Waals surface area contributed by atoms with Crippen molar-refractivity contribution in [1.29, 1.82) is 0 Å². The molecule has 2 atom stereocenters. The van der Waals surface area contributed by atoms with Gasteiger partial charge >= 0.3 is 5.97 Å². The Kier molecular flexibility index (Phi) is 4.42. The number of hydrogen-bond acceptors (Lipinski definition) is 6. The lowest BCUT2D eigenvalue weighted by Crippen LogP contribution is -2.45. The minimum atomic E-state index is -0.589. The Morgan fingerprint density at radius 2 is 2.00 bits per heavy atom. The number of carbonyl (C=O) groups is 1. The molecule has 0 N–H and O–H groups in total. The Bertz CT molecular complexity index is 550. The zero-order valence-corrected chi connectivity index (χ0v) is 12.2. The molecule has 1 heterocycles. The molecule has 1 aromatic carbocycles. The second-order valence-electron chi connectivity index (χ2n) is 5.11. The van der Waals surface area contributed by atoms with E-state index in [2.05, 4.69) is 4.74 Å². The number of esters is 1. The van der Waals surface area contributed by atoms with Gasteiger partial charge in [0.2, 0.25) is 0 Å². The number of ether oxygens (including phenoxy) is 2. The summed E-state index contributed by atoms with van der Waals surface area (Å²) in [6.07, 6.45) is -0.0118. The van der Waals surface area contributed by atoms with Crippen LogP contribution in [-0.2, 0) is 9.47 Å². The van der Waals surface area contributed by atoms with E-state index in [9.17, 15) is 14.9 Å². The minimum Gasteiger partial charge on any atom is -0.465 e. The van der Waals surface area contributed by atoms with Crippen LogP contribution in [-0.4, -0.2) is 43.3 Å². The molecule has 2 rings (SSSR count). The lowest BCUT2D eigenvalue weighted by atomic mass is 10.1. The van der Waals surface area contributed by atoms with Crippen molar-refractivity contribution in [2.24, 2.45) is 0 Å². The number of hydrogen-bond donors (Lipinski definition) is 0. The van der Waals surface area contributed by atoms with Gasteiger partial charge in [-0.1, -0.05) is 0 Å².